The number of nitrogens with zero attached hydrogens (tertiary/aromatic N) is 4. The molecule has 0 saturated carbocycles. The standard InChI is InChI=1S/C18H25N5O3/c1-13-8-15(21-26-13)10-22-11-16-2-5-20-23(16)17(12-22)18(24)19-9-14-3-6-25-7-4-14/h2,5,8,14,17H,3-4,6-7,9-12H2,1H3,(H,19,24)/t17-/m1/s1. The van der Waals surface area contributed by atoms with E-state index in [9.17, 15) is 4.79 Å². The minimum atomic E-state index is -0.318. The molecule has 1 fully saturated rings. The Morgan fingerprint density at radius 3 is 3.00 bits per heavy atom. The highest BCUT2D eigenvalue weighted by atomic mass is 16.5. The van der Waals surface area contributed by atoms with E-state index in [2.05, 4.69) is 20.5 Å². The van der Waals surface area contributed by atoms with Crippen LogP contribution in [0.2, 0.25) is 0 Å². The van der Waals surface area contributed by atoms with Crippen molar-refractivity contribution in [2.75, 3.05) is 26.3 Å². The Hall–Kier alpha value is -2.19. The van der Waals surface area contributed by atoms with Crippen molar-refractivity contribution in [3.63, 3.8) is 0 Å². The molecule has 0 spiro atoms. The highest BCUT2D eigenvalue weighted by molar-refractivity contribution is 5.80. The smallest absolute Gasteiger partial charge is 0.246 e. The number of carbonyl (C=O) groups is 1. The van der Waals surface area contributed by atoms with Gasteiger partial charge in [-0.25, -0.2) is 0 Å². The highest BCUT2D eigenvalue weighted by Crippen LogP contribution is 2.22. The second-order valence-electron chi connectivity index (χ2n) is 7.18. The Morgan fingerprint density at radius 2 is 2.23 bits per heavy atom. The first-order valence-electron chi connectivity index (χ1n) is 9.21. The van der Waals surface area contributed by atoms with Crippen molar-refractivity contribution in [1.29, 1.82) is 0 Å². The highest BCUT2D eigenvalue weighted by Gasteiger charge is 2.31. The van der Waals surface area contributed by atoms with Crippen LogP contribution in [0.1, 0.15) is 36.0 Å². The molecule has 1 N–H and O–H groups in total. The zero-order valence-electron chi connectivity index (χ0n) is 15.1. The van der Waals surface area contributed by atoms with Crippen LogP contribution in [0.25, 0.3) is 0 Å². The molecule has 2 aliphatic rings. The van der Waals surface area contributed by atoms with Gasteiger partial charge in [-0.2, -0.15) is 5.10 Å². The molecule has 4 rings (SSSR count). The minimum Gasteiger partial charge on any atom is -0.381 e. The van der Waals surface area contributed by atoms with Crippen molar-refractivity contribution >= 4 is 5.91 Å². The predicted molar refractivity (Wildman–Crippen MR) is 93.2 cm³/mol. The molecule has 0 bridgehead atoms. The van der Waals surface area contributed by atoms with Crippen molar-refractivity contribution in [2.24, 2.45) is 5.92 Å². The molecular weight excluding hydrogens is 334 g/mol. The van der Waals surface area contributed by atoms with Gasteiger partial charge in [-0.05, 0) is 31.7 Å². The third-order valence-electron chi connectivity index (χ3n) is 5.14. The molecule has 1 saturated heterocycles. The summed E-state index contributed by atoms with van der Waals surface area (Å²) in [6.07, 6.45) is 3.78. The van der Waals surface area contributed by atoms with Crippen LogP contribution >= 0.6 is 0 Å². The Kier molecular flexibility index (Phi) is 5.03. The number of nitrogens with one attached hydrogen (secondary N) is 1. The van der Waals surface area contributed by atoms with Crippen LogP contribution in [0, 0.1) is 12.8 Å². The number of fused-ring (bicyclic) bond motifs is 1. The van der Waals surface area contributed by atoms with E-state index in [0.717, 1.165) is 49.7 Å². The second-order valence-corrected chi connectivity index (χ2v) is 7.18. The molecule has 4 heterocycles. The van der Waals surface area contributed by atoms with Crippen LogP contribution < -0.4 is 5.32 Å². The third kappa shape index (κ3) is 3.81. The summed E-state index contributed by atoms with van der Waals surface area (Å²) in [5.74, 6) is 1.33. The Morgan fingerprint density at radius 1 is 1.38 bits per heavy atom. The average Bonchev–Trinajstić information content (AvgIpc) is 3.28. The second kappa shape index (κ2) is 7.59. The van der Waals surface area contributed by atoms with Crippen molar-refractivity contribution in [2.45, 2.75) is 38.9 Å². The van der Waals surface area contributed by atoms with Gasteiger partial charge in [-0.3, -0.25) is 14.4 Å². The average molecular weight is 359 g/mol. The van der Waals surface area contributed by atoms with Gasteiger partial charge in [0.15, 0.2) is 0 Å². The van der Waals surface area contributed by atoms with Crippen LogP contribution in [0.3, 0.4) is 0 Å². The maximum atomic E-state index is 12.8. The van der Waals surface area contributed by atoms with Gasteiger partial charge in [0.25, 0.3) is 0 Å². The summed E-state index contributed by atoms with van der Waals surface area (Å²) in [7, 11) is 0. The number of ether oxygens (including phenoxy) is 1. The molecule has 8 nitrogen and oxygen atoms in total. The van der Waals surface area contributed by atoms with E-state index < -0.39 is 0 Å². The number of amides is 1. The van der Waals surface area contributed by atoms with Gasteiger partial charge in [0, 0.05) is 51.7 Å². The van der Waals surface area contributed by atoms with Gasteiger partial charge in [0.05, 0.1) is 11.4 Å². The quantitative estimate of drug-likeness (QED) is 0.866. The molecular formula is C18H25N5O3. The Labute approximate surface area is 152 Å². The fourth-order valence-electron chi connectivity index (χ4n) is 3.71. The number of carbonyl (C=O) groups excluding carboxylic acids is 1. The van der Waals surface area contributed by atoms with Gasteiger partial charge in [-0.15, -0.1) is 0 Å². The van der Waals surface area contributed by atoms with Crippen LogP contribution in [0.15, 0.2) is 22.9 Å². The van der Waals surface area contributed by atoms with Gasteiger partial charge in [0.2, 0.25) is 5.91 Å². The number of aryl methyl sites for hydroxylation is 1. The first kappa shape index (κ1) is 17.2. The summed E-state index contributed by atoms with van der Waals surface area (Å²) in [5, 5.41) is 11.6. The molecule has 26 heavy (non-hydrogen) atoms. The lowest BCUT2D eigenvalue weighted by Crippen LogP contribution is -2.46. The molecule has 0 radical (unpaired) electrons. The zero-order valence-corrected chi connectivity index (χ0v) is 15.1. The molecule has 140 valence electrons. The molecule has 0 aromatic carbocycles. The van der Waals surface area contributed by atoms with Crippen LogP contribution in [-0.4, -0.2) is 52.0 Å². The van der Waals surface area contributed by atoms with Gasteiger partial charge in [-0.1, -0.05) is 5.16 Å². The molecule has 2 aromatic heterocycles. The van der Waals surface area contributed by atoms with E-state index in [1.807, 2.05) is 23.7 Å². The molecule has 2 aliphatic heterocycles. The summed E-state index contributed by atoms with van der Waals surface area (Å²) in [6.45, 7) is 6.19. The maximum absolute atomic E-state index is 12.8. The van der Waals surface area contributed by atoms with Gasteiger partial charge < -0.3 is 14.6 Å². The Bertz CT molecular complexity index is 750. The minimum absolute atomic E-state index is 0.0301. The summed E-state index contributed by atoms with van der Waals surface area (Å²) < 4.78 is 12.4. The lowest BCUT2D eigenvalue weighted by Gasteiger charge is -2.33. The fraction of sp³-hybridized carbons (Fsp3) is 0.611. The van der Waals surface area contributed by atoms with E-state index in [4.69, 9.17) is 9.26 Å². The topological polar surface area (TPSA) is 85.4 Å². The van der Waals surface area contributed by atoms with Gasteiger partial charge in [0.1, 0.15) is 11.8 Å². The zero-order chi connectivity index (χ0) is 17.9. The van der Waals surface area contributed by atoms with Crippen molar-refractivity contribution in [1.82, 2.24) is 25.2 Å². The predicted octanol–water partition coefficient (Wildman–Crippen LogP) is 1.28. The van der Waals surface area contributed by atoms with E-state index in [-0.39, 0.29) is 11.9 Å². The van der Waals surface area contributed by atoms with E-state index in [1.54, 1.807) is 6.20 Å². The molecule has 1 amide bonds. The van der Waals surface area contributed by atoms with Gasteiger partial charge >= 0.3 is 0 Å². The number of rotatable bonds is 5. The largest absolute Gasteiger partial charge is 0.381 e. The van der Waals surface area contributed by atoms with Crippen molar-refractivity contribution < 1.29 is 14.1 Å². The molecule has 8 heteroatoms. The lowest BCUT2D eigenvalue weighted by atomic mass is 10.0. The van der Waals surface area contributed by atoms with E-state index in [0.29, 0.717) is 25.6 Å². The fourth-order valence-corrected chi connectivity index (χ4v) is 3.71. The van der Waals surface area contributed by atoms with Crippen LogP contribution in [-0.2, 0) is 22.6 Å². The van der Waals surface area contributed by atoms with Crippen LogP contribution in [0.5, 0.6) is 0 Å². The van der Waals surface area contributed by atoms with Crippen molar-refractivity contribution in [3.8, 4) is 0 Å². The van der Waals surface area contributed by atoms with E-state index >= 15 is 0 Å². The van der Waals surface area contributed by atoms with E-state index in [1.165, 1.54) is 0 Å². The number of hydrogen-bond acceptors (Lipinski definition) is 6. The van der Waals surface area contributed by atoms with Crippen molar-refractivity contribution in [3.05, 3.63) is 35.5 Å². The first-order chi connectivity index (χ1) is 12.7. The summed E-state index contributed by atoms with van der Waals surface area (Å²) in [4.78, 5) is 15.1. The molecule has 0 unspecified atom stereocenters. The number of aromatic nitrogens is 3. The number of hydrogen-bond donors (Lipinski definition) is 1. The summed E-state index contributed by atoms with van der Waals surface area (Å²) >= 11 is 0. The molecule has 1 atom stereocenters. The maximum Gasteiger partial charge on any atom is 0.246 e. The monoisotopic (exact) mass is 359 g/mol. The normalized spacial score (nSPS) is 21.5. The Balaban J connectivity index is 1.41. The molecule has 2 aromatic rings. The SMILES string of the molecule is Cc1cc(CN2Cc3ccnn3[C@@H](C(=O)NCC3CCOCC3)C2)no1. The summed E-state index contributed by atoms with van der Waals surface area (Å²) in [5.41, 5.74) is 1.93. The van der Waals surface area contributed by atoms with Crippen LogP contribution in [0.4, 0.5) is 0 Å². The first-order valence-corrected chi connectivity index (χ1v) is 9.21. The molecule has 0 aliphatic carbocycles. The lowest BCUT2D eigenvalue weighted by molar-refractivity contribution is -0.126. The third-order valence-corrected chi connectivity index (χ3v) is 5.14. The summed E-state index contributed by atoms with van der Waals surface area (Å²) in [6, 6.07) is 3.59.